The van der Waals surface area contributed by atoms with Crippen LogP contribution >= 0.6 is 0 Å². The SMILES string of the molecule is N#Cc1cccc(-c2ccc3c(c2)c2cc(-c4cccc(C#N)c4)ccc2n3-c2ccc(-c3nc(-c4ccccc4)nc(-c4ccccc4)n3)c(C#N)c2)c1. The summed E-state index contributed by atoms with van der Waals surface area (Å²) in [7, 11) is 0. The summed E-state index contributed by atoms with van der Waals surface area (Å²) in [4.78, 5) is 14.6. The van der Waals surface area contributed by atoms with Crippen LogP contribution in [0.4, 0.5) is 0 Å². The Morgan fingerprint density at radius 2 is 0.855 bits per heavy atom. The normalized spacial score (nSPS) is 10.9. The van der Waals surface area contributed by atoms with Crippen LogP contribution in [0.2, 0.25) is 0 Å². The van der Waals surface area contributed by atoms with Gasteiger partial charge in [0.25, 0.3) is 0 Å². The molecule has 0 fully saturated rings. The Hall–Kier alpha value is -8.18. The van der Waals surface area contributed by atoms with Crippen molar-refractivity contribution in [2.75, 3.05) is 0 Å². The molecular formula is C48H27N7. The number of nitrogens with zero attached hydrogens (tertiary/aromatic N) is 7. The van der Waals surface area contributed by atoms with Crippen LogP contribution in [0.25, 0.3) is 83.9 Å². The third-order valence-electron chi connectivity index (χ3n) is 9.74. The fraction of sp³-hybridized carbons (Fsp3) is 0. The van der Waals surface area contributed by atoms with Gasteiger partial charge in [0.15, 0.2) is 17.5 Å². The minimum atomic E-state index is 0.409. The average Bonchev–Trinajstić information content (AvgIpc) is 3.59. The summed E-state index contributed by atoms with van der Waals surface area (Å²) in [6.45, 7) is 0. The Labute approximate surface area is 316 Å². The maximum atomic E-state index is 10.6. The zero-order chi connectivity index (χ0) is 37.3. The van der Waals surface area contributed by atoms with E-state index in [0.29, 0.717) is 39.7 Å². The standard InChI is InChI=1S/C48H27N7/c49-28-31-9-7-15-35(23-31)37-17-21-44-42(26-37)43-27-38(36-16-8-10-32(24-36)29-50)18-22-45(43)55(44)40-19-20-41(39(25-40)30-51)48-53-46(33-11-3-1-4-12-33)52-47(54-48)34-13-5-2-6-14-34/h1-27H. The van der Waals surface area contributed by atoms with Crippen molar-refractivity contribution in [1.29, 1.82) is 15.8 Å². The van der Waals surface area contributed by atoms with E-state index in [1.807, 2.05) is 115 Å². The van der Waals surface area contributed by atoms with E-state index in [4.69, 9.17) is 15.0 Å². The van der Waals surface area contributed by atoms with E-state index in [-0.39, 0.29) is 0 Å². The van der Waals surface area contributed by atoms with E-state index in [1.165, 1.54) is 0 Å². The van der Waals surface area contributed by atoms with Gasteiger partial charge in [-0.3, -0.25) is 0 Å². The molecular weight excluding hydrogens is 675 g/mol. The predicted molar refractivity (Wildman–Crippen MR) is 215 cm³/mol. The van der Waals surface area contributed by atoms with Crippen molar-refractivity contribution < 1.29 is 0 Å². The van der Waals surface area contributed by atoms with Crippen molar-refractivity contribution in [3.05, 3.63) is 180 Å². The number of nitriles is 3. The highest BCUT2D eigenvalue weighted by Gasteiger charge is 2.19. The van der Waals surface area contributed by atoms with Crippen molar-refractivity contribution in [3.8, 4) is 80.3 Å². The summed E-state index contributed by atoms with van der Waals surface area (Å²) in [6, 6.07) is 60.0. The molecule has 254 valence electrons. The summed E-state index contributed by atoms with van der Waals surface area (Å²) in [5.41, 5.74) is 10.5. The monoisotopic (exact) mass is 701 g/mol. The van der Waals surface area contributed by atoms with Gasteiger partial charge in [-0.1, -0.05) is 97.1 Å². The fourth-order valence-corrected chi connectivity index (χ4v) is 7.09. The molecule has 7 aromatic carbocycles. The average molecular weight is 702 g/mol. The van der Waals surface area contributed by atoms with Crippen molar-refractivity contribution in [1.82, 2.24) is 19.5 Å². The molecule has 0 spiro atoms. The lowest BCUT2D eigenvalue weighted by molar-refractivity contribution is 1.07. The maximum Gasteiger partial charge on any atom is 0.165 e. The van der Waals surface area contributed by atoms with Crippen LogP contribution in [-0.4, -0.2) is 19.5 Å². The Morgan fingerprint density at radius 3 is 1.35 bits per heavy atom. The highest BCUT2D eigenvalue weighted by molar-refractivity contribution is 6.11. The molecule has 7 nitrogen and oxygen atoms in total. The van der Waals surface area contributed by atoms with Crippen LogP contribution < -0.4 is 0 Å². The molecule has 55 heavy (non-hydrogen) atoms. The zero-order valence-corrected chi connectivity index (χ0v) is 29.2. The van der Waals surface area contributed by atoms with E-state index in [2.05, 4.69) is 59.2 Å². The quantitative estimate of drug-likeness (QED) is 0.170. The number of hydrogen-bond acceptors (Lipinski definition) is 6. The molecule has 0 saturated heterocycles. The van der Waals surface area contributed by atoms with Gasteiger partial charge < -0.3 is 4.57 Å². The first-order chi connectivity index (χ1) is 27.1. The topological polar surface area (TPSA) is 115 Å². The van der Waals surface area contributed by atoms with Gasteiger partial charge in [-0.25, -0.2) is 15.0 Å². The van der Waals surface area contributed by atoms with E-state index < -0.39 is 0 Å². The van der Waals surface area contributed by atoms with E-state index >= 15 is 0 Å². The first-order valence-electron chi connectivity index (χ1n) is 17.6. The molecule has 9 rings (SSSR count). The Kier molecular flexibility index (Phi) is 8.18. The van der Waals surface area contributed by atoms with Gasteiger partial charge in [-0.05, 0) is 89.0 Å². The van der Waals surface area contributed by atoms with Crippen molar-refractivity contribution in [3.63, 3.8) is 0 Å². The smallest absolute Gasteiger partial charge is 0.165 e. The molecule has 0 radical (unpaired) electrons. The number of hydrogen-bond donors (Lipinski definition) is 0. The van der Waals surface area contributed by atoms with Crippen molar-refractivity contribution in [2.24, 2.45) is 0 Å². The first kappa shape index (κ1) is 32.7. The van der Waals surface area contributed by atoms with Gasteiger partial charge in [0.2, 0.25) is 0 Å². The molecule has 0 saturated carbocycles. The lowest BCUT2D eigenvalue weighted by Crippen LogP contribution is -2.02. The van der Waals surface area contributed by atoms with Crippen LogP contribution in [0.5, 0.6) is 0 Å². The second-order valence-electron chi connectivity index (χ2n) is 13.1. The highest BCUT2D eigenvalue weighted by atomic mass is 15.0. The third-order valence-corrected chi connectivity index (χ3v) is 9.74. The van der Waals surface area contributed by atoms with Crippen LogP contribution in [0.15, 0.2) is 164 Å². The lowest BCUT2D eigenvalue weighted by atomic mass is 9.99. The van der Waals surface area contributed by atoms with Crippen LogP contribution in [0.1, 0.15) is 16.7 Å². The molecule has 0 amide bonds. The summed E-state index contributed by atoms with van der Waals surface area (Å²) < 4.78 is 2.17. The summed E-state index contributed by atoms with van der Waals surface area (Å²) >= 11 is 0. The third kappa shape index (κ3) is 6.03. The summed E-state index contributed by atoms with van der Waals surface area (Å²) in [5, 5.41) is 31.8. The Morgan fingerprint density at radius 1 is 0.382 bits per heavy atom. The predicted octanol–water partition coefficient (Wildman–Crippen LogP) is 10.9. The van der Waals surface area contributed by atoms with Crippen LogP contribution in [0.3, 0.4) is 0 Å². The minimum absolute atomic E-state index is 0.409. The highest BCUT2D eigenvalue weighted by Crippen LogP contribution is 2.38. The molecule has 0 atom stereocenters. The molecule has 9 aromatic rings. The number of rotatable bonds is 6. The van der Waals surface area contributed by atoms with Gasteiger partial charge in [0.1, 0.15) is 0 Å². The minimum Gasteiger partial charge on any atom is -0.309 e. The van der Waals surface area contributed by atoms with Gasteiger partial charge in [-0.2, -0.15) is 15.8 Å². The van der Waals surface area contributed by atoms with E-state index in [9.17, 15) is 15.8 Å². The lowest BCUT2D eigenvalue weighted by Gasteiger charge is -2.12. The largest absolute Gasteiger partial charge is 0.309 e. The van der Waals surface area contributed by atoms with Crippen LogP contribution in [0, 0.1) is 34.0 Å². The number of benzene rings is 7. The summed E-state index contributed by atoms with van der Waals surface area (Å²) in [6.07, 6.45) is 0. The van der Waals surface area contributed by atoms with Gasteiger partial charge >= 0.3 is 0 Å². The second-order valence-corrected chi connectivity index (χ2v) is 13.1. The maximum absolute atomic E-state index is 10.6. The van der Waals surface area contributed by atoms with Crippen LogP contribution in [-0.2, 0) is 0 Å². The molecule has 0 aliphatic carbocycles. The molecule has 2 aromatic heterocycles. The molecule has 7 heteroatoms. The zero-order valence-electron chi connectivity index (χ0n) is 29.2. The fourth-order valence-electron chi connectivity index (χ4n) is 7.09. The van der Waals surface area contributed by atoms with Gasteiger partial charge in [-0.15, -0.1) is 0 Å². The Bertz CT molecular complexity index is 2900. The van der Waals surface area contributed by atoms with E-state index in [1.54, 1.807) is 12.1 Å². The number of fused-ring (bicyclic) bond motifs is 3. The van der Waals surface area contributed by atoms with Gasteiger partial charge in [0, 0.05) is 33.2 Å². The molecule has 2 heterocycles. The first-order valence-corrected chi connectivity index (χ1v) is 17.6. The molecule has 0 bridgehead atoms. The van der Waals surface area contributed by atoms with Gasteiger partial charge in [0.05, 0.1) is 45.9 Å². The summed E-state index contributed by atoms with van der Waals surface area (Å²) in [5.74, 6) is 1.45. The van der Waals surface area contributed by atoms with Crippen molar-refractivity contribution in [2.45, 2.75) is 0 Å². The van der Waals surface area contributed by atoms with E-state index in [0.717, 1.165) is 60.9 Å². The molecule has 0 aliphatic heterocycles. The Balaban J connectivity index is 1.24. The molecule has 0 unspecified atom stereocenters. The molecule has 0 aliphatic rings. The number of aromatic nitrogens is 4. The second kappa shape index (κ2) is 13.7. The van der Waals surface area contributed by atoms with Crippen molar-refractivity contribution >= 4 is 21.8 Å². The molecule has 0 N–H and O–H groups in total.